The standard InChI is InChI=1S/C14H24O/c1-2-3-12-7-9-14(15)13(10-12)8-6-11-4-5-11/h11-13H,2-10H2,1H3. The lowest BCUT2D eigenvalue weighted by molar-refractivity contribution is -0.126. The second-order valence-electron chi connectivity index (χ2n) is 5.61. The predicted molar refractivity (Wildman–Crippen MR) is 62.7 cm³/mol. The molecule has 0 bridgehead atoms. The highest BCUT2D eigenvalue weighted by Crippen LogP contribution is 2.38. The van der Waals surface area contributed by atoms with Crippen LogP contribution in [-0.4, -0.2) is 5.78 Å². The molecule has 2 unspecified atom stereocenters. The average Bonchev–Trinajstić information content (AvgIpc) is 3.03. The molecule has 0 spiro atoms. The number of hydrogen-bond acceptors (Lipinski definition) is 1. The first-order valence-corrected chi connectivity index (χ1v) is 6.82. The van der Waals surface area contributed by atoms with Crippen molar-refractivity contribution in [2.75, 3.05) is 0 Å². The summed E-state index contributed by atoms with van der Waals surface area (Å²) >= 11 is 0. The van der Waals surface area contributed by atoms with Crippen molar-refractivity contribution in [2.45, 2.75) is 64.7 Å². The second-order valence-corrected chi connectivity index (χ2v) is 5.61. The first kappa shape index (κ1) is 11.2. The van der Waals surface area contributed by atoms with Crippen LogP contribution in [0.15, 0.2) is 0 Å². The van der Waals surface area contributed by atoms with Gasteiger partial charge >= 0.3 is 0 Å². The van der Waals surface area contributed by atoms with Gasteiger partial charge in [0.1, 0.15) is 5.78 Å². The third-order valence-corrected chi connectivity index (χ3v) is 4.19. The molecule has 0 aromatic heterocycles. The van der Waals surface area contributed by atoms with E-state index in [-0.39, 0.29) is 0 Å². The Morgan fingerprint density at radius 3 is 2.53 bits per heavy atom. The zero-order chi connectivity index (χ0) is 10.7. The normalized spacial score (nSPS) is 31.9. The van der Waals surface area contributed by atoms with Gasteiger partial charge in [-0.3, -0.25) is 4.79 Å². The zero-order valence-corrected chi connectivity index (χ0v) is 10.0. The maximum Gasteiger partial charge on any atom is 0.135 e. The molecule has 0 aliphatic heterocycles. The molecule has 0 amide bonds. The van der Waals surface area contributed by atoms with Crippen molar-refractivity contribution < 1.29 is 4.79 Å². The van der Waals surface area contributed by atoms with Crippen molar-refractivity contribution in [3.8, 4) is 0 Å². The van der Waals surface area contributed by atoms with Gasteiger partial charge in [-0.15, -0.1) is 0 Å². The van der Waals surface area contributed by atoms with E-state index < -0.39 is 0 Å². The molecule has 2 fully saturated rings. The molecule has 2 rings (SSSR count). The highest BCUT2D eigenvalue weighted by Gasteiger charge is 2.30. The Balaban J connectivity index is 1.75. The van der Waals surface area contributed by atoms with Crippen LogP contribution >= 0.6 is 0 Å². The van der Waals surface area contributed by atoms with Gasteiger partial charge in [-0.2, -0.15) is 0 Å². The first-order valence-electron chi connectivity index (χ1n) is 6.82. The zero-order valence-electron chi connectivity index (χ0n) is 10.0. The van der Waals surface area contributed by atoms with Crippen LogP contribution in [0.1, 0.15) is 64.7 Å². The van der Waals surface area contributed by atoms with Crippen molar-refractivity contribution in [3.63, 3.8) is 0 Å². The summed E-state index contributed by atoms with van der Waals surface area (Å²) in [5, 5.41) is 0. The average molecular weight is 208 g/mol. The van der Waals surface area contributed by atoms with Crippen molar-refractivity contribution in [3.05, 3.63) is 0 Å². The molecule has 0 aromatic carbocycles. The number of carbonyl (C=O) groups excluding carboxylic acids is 1. The summed E-state index contributed by atoms with van der Waals surface area (Å²) in [6, 6.07) is 0. The monoisotopic (exact) mass is 208 g/mol. The van der Waals surface area contributed by atoms with Gasteiger partial charge in [0, 0.05) is 12.3 Å². The Morgan fingerprint density at radius 2 is 1.87 bits per heavy atom. The first-order chi connectivity index (χ1) is 7.29. The summed E-state index contributed by atoms with van der Waals surface area (Å²) in [6.45, 7) is 2.26. The van der Waals surface area contributed by atoms with E-state index in [9.17, 15) is 4.79 Å². The van der Waals surface area contributed by atoms with Gasteiger partial charge in [0.05, 0.1) is 0 Å². The lowest BCUT2D eigenvalue weighted by atomic mass is 9.76. The van der Waals surface area contributed by atoms with Crippen molar-refractivity contribution in [2.24, 2.45) is 17.8 Å². The van der Waals surface area contributed by atoms with Gasteiger partial charge in [-0.05, 0) is 37.5 Å². The van der Waals surface area contributed by atoms with Crippen molar-refractivity contribution in [1.82, 2.24) is 0 Å². The molecule has 0 heterocycles. The fourth-order valence-electron chi connectivity index (χ4n) is 2.99. The Hall–Kier alpha value is -0.330. The molecular formula is C14H24O. The summed E-state index contributed by atoms with van der Waals surface area (Å²) in [7, 11) is 0. The van der Waals surface area contributed by atoms with Crippen LogP contribution < -0.4 is 0 Å². The minimum absolute atomic E-state index is 0.441. The quantitative estimate of drug-likeness (QED) is 0.668. The third-order valence-electron chi connectivity index (χ3n) is 4.19. The fourth-order valence-corrected chi connectivity index (χ4v) is 2.99. The van der Waals surface area contributed by atoms with E-state index in [2.05, 4.69) is 6.92 Å². The lowest BCUT2D eigenvalue weighted by Gasteiger charge is -2.27. The highest BCUT2D eigenvalue weighted by molar-refractivity contribution is 5.81. The topological polar surface area (TPSA) is 17.1 Å². The Morgan fingerprint density at radius 1 is 1.07 bits per heavy atom. The summed E-state index contributed by atoms with van der Waals surface area (Å²) in [5.41, 5.74) is 0. The Bertz CT molecular complexity index is 217. The predicted octanol–water partition coefficient (Wildman–Crippen LogP) is 3.96. The number of hydrogen-bond donors (Lipinski definition) is 0. The van der Waals surface area contributed by atoms with Crippen molar-refractivity contribution in [1.29, 1.82) is 0 Å². The van der Waals surface area contributed by atoms with E-state index in [0.29, 0.717) is 11.7 Å². The molecule has 2 atom stereocenters. The van der Waals surface area contributed by atoms with E-state index in [1.807, 2.05) is 0 Å². The van der Waals surface area contributed by atoms with Gasteiger partial charge in [-0.1, -0.05) is 32.6 Å². The number of carbonyl (C=O) groups is 1. The summed E-state index contributed by atoms with van der Waals surface area (Å²) in [5.74, 6) is 2.86. The van der Waals surface area contributed by atoms with E-state index in [4.69, 9.17) is 0 Å². The molecule has 2 saturated carbocycles. The molecule has 0 radical (unpaired) electrons. The van der Waals surface area contributed by atoms with E-state index in [0.717, 1.165) is 18.3 Å². The van der Waals surface area contributed by atoms with Crippen LogP contribution in [0.2, 0.25) is 0 Å². The largest absolute Gasteiger partial charge is 0.299 e. The van der Waals surface area contributed by atoms with Crippen LogP contribution in [0.3, 0.4) is 0 Å². The van der Waals surface area contributed by atoms with Gasteiger partial charge in [0.2, 0.25) is 0 Å². The highest BCUT2D eigenvalue weighted by atomic mass is 16.1. The molecule has 15 heavy (non-hydrogen) atoms. The molecule has 0 N–H and O–H groups in total. The molecule has 1 heteroatoms. The lowest BCUT2D eigenvalue weighted by Crippen LogP contribution is -2.25. The third kappa shape index (κ3) is 3.32. The van der Waals surface area contributed by atoms with Crippen LogP contribution in [0.5, 0.6) is 0 Å². The number of rotatable bonds is 5. The smallest absolute Gasteiger partial charge is 0.135 e. The SMILES string of the molecule is CCCC1CCC(=O)C(CCC2CC2)C1. The number of Topliss-reactive ketones (excluding diaryl/α,β-unsaturated/α-hetero) is 1. The Labute approximate surface area is 93.6 Å². The van der Waals surface area contributed by atoms with Crippen molar-refractivity contribution >= 4 is 5.78 Å². The maximum atomic E-state index is 11.8. The molecule has 2 aliphatic carbocycles. The molecule has 86 valence electrons. The van der Waals surface area contributed by atoms with E-state index in [1.54, 1.807) is 0 Å². The van der Waals surface area contributed by atoms with Crippen LogP contribution in [0.4, 0.5) is 0 Å². The molecule has 0 saturated heterocycles. The van der Waals surface area contributed by atoms with Crippen LogP contribution in [0.25, 0.3) is 0 Å². The summed E-state index contributed by atoms with van der Waals surface area (Å²) in [6.07, 6.45) is 11.3. The van der Waals surface area contributed by atoms with Gasteiger partial charge in [-0.25, -0.2) is 0 Å². The van der Waals surface area contributed by atoms with Crippen LogP contribution in [-0.2, 0) is 4.79 Å². The molecule has 1 nitrogen and oxygen atoms in total. The summed E-state index contributed by atoms with van der Waals surface area (Å²) < 4.78 is 0. The van der Waals surface area contributed by atoms with Gasteiger partial charge < -0.3 is 0 Å². The minimum atomic E-state index is 0.441. The second kappa shape index (κ2) is 5.14. The molecule has 0 aromatic rings. The minimum Gasteiger partial charge on any atom is -0.299 e. The van der Waals surface area contributed by atoms with Gasteiger partial charge in [0.15, 0.2) is 0 Å². The van der Waals surface area contributed by atoms with E-state index in [1.165, 1.54) is 51.4 Å². The maximum absolute atomic E-state index is 11.8. The van der Waals surface area contributed by atoms with Crippen LogP contribution in [0, 0.1) is 17.8 Å². The molecular weight excluding hydrogens is 184 g/mol. The van der Waals surface area contributed by atoms with E-state index >= 15 is 0 Å². The van der Waals surface area contributed by atoms with Gasteiger partial charge in [0.25, 0.3) is 0 Å². The Kier molecular flexibility index (Phi) is 3.82. The fraction of sp³-hybridized carbons (Fsp3) is 0.929. The number of ketones is 1. The molecule has 2 aliphatic rings. The summed E-state index contributed by atoms with van der Waals surface area (Å²) in [4.78, 5) is 11.8.